The van der Waals surface area contributed by atoms with Crippen LogP contribution >= 0.6 is 0 Å². The minimum Gasteiger partial charge on any atom is -0.507 e. The quantitative estimate of drug-likeness (QED) is 0.308. The Morgan fingerprint density at radius 3 is 2.61 bits per heavy atom. The summed E-state index contributed by atoms with van der Waals surface area (Å²) in [5.74, 6) is 0.141. The molecule has 3 aromatic carbocycles. The van der Waals surface area contributed by atoms with Gasteiger partial charge in [-0.2, -0.15) is 5.10 Å². The van der Waals surface area contributed by atoms with E-state index in [4.69, 9.17) is 9.47 Å². The number of carbonyl (C=O) groups excluding carboxylic acids is 2. The SMILES string of the molecule is Cc1cccc(/C=N\NC(=O)/C(=C\c2ccc3c(c2)OCO3)NC(=O)c2ccccc2)c1O. The fourth-order valence-corrected chi connectivity index (χ4v) is 3.12. The maximum atomic E-state index is 12.9. The smallest absolute Gasteiger partial charge is 0.287 e. The zero-order valence-electron chi connectivity index (χ0n) is 17.7. The average molecular weight is 443 g/mol. The number of hydrazone groups is 1. The molecule has 4 rings (SSSR count). The molecule has 0 aliphatic carbocycles. The van der Waals surface area contributed by atoms with E-state index in [0.29, 0.717) is 33.8 Å². The summed E-state index contributed by atoms with van der Waals surface area (Å²) < 4.78 is 10.7. The van der Waals surface area contributed by atoms with E-state index in [2.05, 4.69) is 15.8 Å². The minimum atomic E-state index is -0.639. The molecule has 8 heteroatoms. The van der Waals surface area contributed by atoms with Gasteiger partial charge in [-0.25, -0.2) is 5.43 Å². The molecule has 0 radical (unpaired) electrons. The van der Waals surface area contributed by atoms with Crippen LogP contribution in [0.4, 0.5) is 0 Å². The highest BCUT2D eigenvalue weighted by atomic mass is 16.7. The monoisotopic (exact) mass is 443 g/mol. The van der Waals surface area contributed by atoms with E-state index < -0.39 is 11.8 Å². The molecule has 8 nitrogen and oxygen atoms in total. The summed E-state index contributed by atoms with van der Waals surface area (Å²) in [5, 5.41) is 16.7. The summed E-state index contributed by atoms with van der Waals surface area (Å²) in [7, 11) is 0. The van der Waals surface area contributed by atoms with Gasteiger partial charge in [0.2, 0.25) is 6.79 Å². The number of hydrogen-bond acceptors (Lipinski definition) is 6. The zero-order valence-corrected chi connectivity index (χ0v) is 17.7. The van der Waals surface area contributed by atoms with Crippen LogP contribution in [0.2, 0.25) is 0 Å². The first-order valence-corrected chi connectivity index (χ1v) is 10.1. The zero-order chi connectivity index (χ0) is 23.2. The lowest BCUT2D eigenvalue weighted by Crippen LogP contribution is -2.32. The molecule has 3 N–H and O–H groups in total. The van der Waals surface area contributed by atoms with Gasteiger partial charge >= 0.3 is 0 Å². The summed E-state index contributed by atoms with van der Waals surface area (Å²) in [6.07, 6.45) is 2.84. The molecule has 0 unspecified atom stereocenters. The summed E-state index contributed by atoms with van der Waals surface area (Å²) in [6, 6.07) is 18.9. The number of aromatic hydroxyl groups is 1. The number of nitrogens with zero attached hydrogens (tertiary/aromatic N) is 1. The van der Waals surface area contributed by atoms with Crippen LogP contribution in [0.1, 0.15) is 27.0 Å². The van der Waals surface area contributed by atoms with Gasteiger partial charge in [-0.05, 0) is 54.5 Å². The molecule has 3 aromatic rings. The van der Waals surface area contributed by atoms with Crippen molar-refractivity contribution in [2.24, 2.45) is 5.10 Å². The van der Waals surface area contributed by atoms with Crippen LogP contribution in [-0.4, -0.2) is 29.9 Å². The van der Waals surface area contributed by atoms with Crippen molar-refractivity contribution in [3.63, 3.8) is 0 Å². The molecular weight excluding hydrogens is 422 g/mol. The van der Waals surface area contributed by atoms with Crippen molar-refractivity contribution in [2.75, 3.05) is 6.79 Å². The molecule has 0 aromatic heterocycles. The van der Waals surface area contributed by atoms with Gasteiger partial charge < -0.3 is 19.9 Å². The van der Waals surface area contributed by atoms with Gasteiger partial charge in [0.15, 0.2) is 11.5 Å². The van der Waals surface area contributed by atoms with Crippen molar-refractivity contribution in [1.29, 1.82) is 0 Å². The number of hydrogen-bond donors (Lipinski definition) is 3. The molecular formula is C25H21N3O5. The first kappa shape index (κ1) is 21.6. The molecule has 0 saturated carbocycles. The second kappa shape index (κ2) is 9.69. The second-order valence-electron chi connectivity index (χ2n) is 7.20. The van der Waals surface area contributed by atoms with Crippen LogP contribution < -0.4 is 20.2 Å². The highest BCUT2D eigenvalue weighted by Crippen LogP contribution is 2.33. The van der Waals surface area contributed by atoms with E-state index in [0.717, 1.165) is 0 Å². The van der Waals surface area contributed by atoms with Crippen LogP contribution in [0.15, 0.2) is 77.5 Å². The molecule has 0 bridgehead atoms. The Morgan fingerprint density at radius 2 is 1.79 bits per heavy atom. The normalized spacial score (nSPS) is 12.6. The van der Waals surface area contributed by atoms with Crippen LogP contribution in [0, 0.1) is 6.92 Å². The third kappa shape index (κ3) is 5.19. The van der Waals surface area contributed by atoms with E-state index in [1.807, 2.05) is 0 Å². The number of aryl methyl sites for hydroxylation is 1. The number of para-hydroxylation sites is 1. The second-order valence-corrected chi connectivity index (χ2v) is 7.20. The maximum absolute atomic E-state index is 12.9. The van der Waals surface area contributed by atoms with Gasteiger partial charge in [-0.3, -0.25) is 9.59 Å². The lowest BCUT2D eigenvalue weighted by molar-refractivity contribution is -0.117. The van der Waals surface area contributed by atoms with Crippen LogP contribution in [0.25, 0.3) is 6.08 Å². The maximum Gasteiger partial charge on any atom is 0.287 e. The summed E-state index contributed by atoms with van der Waals surface area (Å²) >= 11 is 0. The number of nitrogens with one attached hydrogen (secondary N) is 2. The number of phenols is 1. The van der Waals surface area contributed by atoms with Gasteiger partial charge in [0, 0.05) is 11.1 Å². The molecule has 0 fully saturated rings. The molecule has 2 amide bonds. The number of amides is 2. The number of rotatable bonds is 6. The number of fused-ring (bicyclic) bond motifs is 1. The minimum absolute atomic E-state index is 0.0201. The van der Waals surface area contributed by atoms with Crippen LogP contribution in [0.5, 0.6) is 17.2 Å². The Bertz CT molecular complexity index is 1250. The Morgan fingerprint density at radius 1 is 1.00 bits per heavy atom. The van der Waals surface area contributed by atoms with Crippen LogP contribution in [0.3, 0.4) is 0 Å². The first-order valence-electron chi connectivity index (χ1n) is 10.1. The number of carbonyl (C=O) groups is 2. The standard InChI is InChI=1S/C25H21N3O5/c1-16-6-5-9-19(23(16)29)14-26-28-25(31)20(27-24(30)18-7-3-2-4-8-18)12-17-10-11-21-22(13-17)33-15-32-21/h2-14,29H,15H2,1H3,(H,27,30)(H,28,31)/b20-12+,26-14-. The number of ether oxygens (including phenoxy) is 2. The van der Waals surface area contributed by atoms with E-state index in [-0.39, 0.29) is 18.2 Å². The predicted molar refractivity (Wildman–Crippen MR) is 123 cm³/mol. The predicted octanol–water partition coefficient (Wildman–Crippen LogP) is 3.35. The third-order valence-corrected chi connectivity index (χ3v) is 4.88. The van der Waals surface area contributed by atoms with E-state index in [1.54, 1.807) is 73.7 Å². The fourth-order valence-electron chi connectivity index (χ4n) is 3.12. The Balaban J connectivity index is 1.57. The van der Waals surface area contributed by atoms with Gasteiger partial charge in [-0.1, -0.05) is 36.4 Å². The van der Waals surface area contributed by atoms with E-state index in [1.165, 1.54) is 12.3 Å². The largest absolute Gasteiger partial charge is 0.507 e. The van der Waals surface area contributed by atoms with Crippen LogP contribution in [-0.2, 0) is 4.79 Å². The highest BCUT2D eigenvalue weighted by molar-refractivity contribution is 6.05. The molecule has 0 spiro atoms. The summed E-state index contributed by atoms with van der Waals surface area (Å²) in [6.45, 7) is 1.89. The van der Waals surface area contributed by atoms with E-state index in [9.17, 15) is 14.7 Å². The van der Waals surface area contributed by atoms with Gasteiger partial charge in [-0.15, -0.1) is 0 Å². The van der Waals surface area contributed by atoms with Crippen molar-refractivity contribution in [1.82, 2.24) is 10.7 Å². The Labute approximate surface area is 190 Å². The summed E-state index contributed by atoms with van der Waals surface area (Å²) in [4.78, 5) is 25.5. The fraction of sp³-hybridized carbons (Fsp3) is 0.0800. The van der Waals surface area contributed by atoms with E-state index >= 15 is 0 Å². The molecule has 166 valence electrons. The topological polar surface area (TPSA) is 109 Å². The number of phenolic OH excluding ortho intramolecular Hbond substituents is 1. The molecule has 1 aliphatic rings. The molecule has 1 aliphatic heterocycles. The van der Waals surface area contributed by atoms with Crippen molar-refractivity contribution in [3.05, 3.63) is 94.7 Å². The molecule has 0 atom stereocenters. The Hall–Kier alpha value is -4.59. The lowest BCUT2D eigenvalue weighted by Gasteiger charge is -2.09. The van der Waals surface area contributed by atoms with Crippen molar-refractivity contribution >= 4 is 24.1 Å². The summed E-state index contributed by atoms with van der Waals surface area (Å²) in [5.41, 5.74) is 4.52. The lowest BCUT2D eigenvalue weighted by atomic mass is 10.1. The third-order valence-electron chi connectivity index (χ3n) is 4.88. The van der Waals surface area contributed by atoms with Crippen molar-refractivity contribution in [2.45, 2.75) is 6.92 Å². The van der Waals surface area contributed by atoms with Gasteiger partial charge in [0.1, 0.15) is 11.4 Å². The first-order chi connectivity index (χ1) is 16.0. The van der Waals surface area contributed by atoms with Gasteiger partial charge in [0.05, 0.1) is 6.21 Å². The molecule has 33 heavy (non-hydrogen) atoms. The van der Waals surface area contributed by atoms with Crippen molar-refractivity contribution < 1.29 is 24.2 Å². The van der Waals surface area contributed by atoms with Crippen molar-refractivity contribution in [3.8, 4) is 17.2 Å². The highest BCUT2D eigenvalue weighted by Gasteiger charge is 2.17. The Kier molecular flexibility index (Phi) is 6.36. The number of benzene rings is 3. The average Bonchev–Trinajstić information content (AvgIpc) is 3.30. The molecule has 1 heterocycles. The van der Waals surface area contributed by atoms with Gasteiger partial charge in [0.25, 0.3) is 11.8 Å². The molecule has 0 saturated heterocycles.